The molecule has 2 N–H and O–H groups in total. The maximum Gasteiger partial charge on any atom is 0.0897 e. The van der Waals surface area contributed by atoms with Crippen molar-refractivity contribution in [2.24, 2.45) is 0 Å². The number of H-pyrrole nitrogens is 2. The maximum atomic E-state index is 5.69. The van der Waals surface area contributed by atoms with Crippen molar-refractivity contribution in [1.82, 2.24) is 59.8 Å². The highest BCUT2D eigenvalue weighted by molar-refractivity contribution is 6.15. The van der Waals surface area contributed by atoms with Gasteiger partial charge in [-0.2, -0.15) is 0 Å². The first-order valence-electron chi connectivity index (χ1n) is 31.4. The summed E-state index contributed by atoms with van der Waals surface area (Å²) in [6, 6.07) is 26.5. The first kappa shape index (κ1) is 58.9. The third-order valence-electron chi connectivity index (χ3n) is 17.3. The van der Waals surface area contributed by atoms with Crippen molar-refractivity contribution < 1.29 is 0 Å². The van der Waals surface area contributed by atoms with Gasteiger partial charge in [-0.25, -0.2) is 49.8 Å². The van der Waals surface area contributed by atoms with Crippen LogP contribution in [-0.4, -0.2) is 59.8 Å². The number of nitrogens with one attached hydrogen (secondary N) is 2. The molecule has 7 aromatic heterocycles. The topological polar surface area (TPSA) is 160 Å². The van der Waals surface area contributed by atoms with E-state index in [0.29, 0.717) is 0 Å². The predicted octanol–water partition coefficient (Wildman–Crippen LogP) is 19.4. The van der Waals surface area contributed by atoms with E-state index in [-0.39, 0.29) is 43.3 Å². The first-order valence-corrected chi connectivity index (χ1v) is 31.4. The molecule has 0 amide bonds. The Morgan fingerprint density at radius 2 is 0.341 bits per heavy atom. The largest absolute Gasteiger partial charge is 0.354 e. The number of aromatic amines is 2. The van der Waals surface area contributed by atoms with E-state index in [4.69, 9.17) is 49.8 Å². The number of hydrogen-bond donors (Lipinski definition) is 2. The maximum absolute atomic E-state index is 5.69. The Bertz CT molecular complexity index is 4410. The van der Waals surface area contributed by atoms with Gasteiger partial charge in [-0.1, -0.05) is 166 Å². The van der Waals surface area contributed by atoms with Gasteiger partial charge in [0, 0.05) is 109 Å². The third-order valence-corrected chi connectivity index (χ3v) is 17.3. The molecule has 2 aliphatic heterocycles. The Labute approximate surface area is 517 Å². The van der Waals surface area contributed by atoms with Gasteiger partial charge in [0.2, 0.25) is 0 Å². The van der Waals surface area contributed by atoms with Crippen LogP contribution in [0, 0.1) is 0 Å². The van der Waals surface area contributed by atoms with Gasteiger partial charge in [-0.15, -0.1) is 0 Å². The quantitative estimate of drug-likeness (QED) is 0.150. The Balaban J connectivity index is 1.22. The lowest BCUT2D eigenvalue weighted by molar-refractivity contribution is 0.502. The molecule has 12 heteroatoms. The first-order chi connectivity index (χ1) is 40.6. The second-order valence-corrected chi connectivity index (χ2v) is 33.5. The summed E-state index contributed by atoms with van der Waals surface area (Å²) in [5.74, 6) is 0. The van der Waals surface area contributed by atoms with E-state index in [9.17, 15) is 0 Å². The minimum atomic E-state index is -0.253. The molecule has 4 aromatic carbocycles. The molecule has 0 saturated heterocycles. The highest BCUT2D eigenvalue weighted by Gasteiger charge is 2.35. The van der Waals surface area contributed by atoms with Crippen LogP contribution in [0.25, 0.3) is 133 Å². The van der Waals surface area contributed by atoms with Crippen LogP contribution in [0.15, 0.2) is 72.8 Å². The van der Waals surface area contributed by atoms with Gasteiger partial charge < -0.3 is 9.97 Å². The molecule has 0 fully saturated rings. The molecule has 0 radical (unpaired) electrons. The van der Waals surface area contributed by atoms with E-state index in [1.54, 1.807) is 0 Å². The highest BCUT2D eigenvalue weighted by atomic mass is 14.9. The molecule has 12 nitrogen and oxygen atoms in total. The van der Waals surface area contributed by atoms with Crippen LogP contribution in [0.4, 0.5) is 0 Å². The van der Waals surface area contributed by atoms with Crippen LogP contribution in [0.1, 0.15) is 212 Å². The van der Waals surface area contributed by atoms with E-state index >= 15 is 0 Å². The molecule has 11 aromatic rings. The van der Waals surface area contributed by atoms with Crippen molar-refractivity contribution in [3.8, 4) is 45.0 Å². The second kappa shape index (κ2) is 18.7. The molecular weight excluding hydrogens is 1080 g/mol. The summed E-state index contributed by atoms with van der Waals surface area (Å²) in [6.07, 6.45) is 0. The van der Waals surface area contributed by atoms with Gasteiger partial charge in [0.25, 0.3) is 0 Å². The fourth-order valence-electron chi connectivity index (χ4n) is 12.8. The summed E-state index contributed by atoms with van der Waals surface area (Å²) in [4.78, 5) is 63.4. The van der Waals surface area contributed by atoms with Crippen molar-refractivity contribution in [3.63, 3.8) is 0 Å². The van der Waals surface area contributed by atoms with Crippen LogP contribution in [0.3, 0.4) is 0 Å². The van der Waals surface area contributed by atoms with Gasteiger partial charge in [-0.05, 0) is 72.8 Å². The van der Waals surface area contributed by atoms with Crippen LogP contribution in [-0.2, 0) is 43.3 Å². The standard InChI is InChI=1S/C76H86N12/c1-69(2,3)61-62(70(4,5)6)82-54-26-38-37(25-53(54)81-61)45-33-47-39-27-55-56(84-64(72(10,11)12)63(83-55)71(7,8)9)28-40(39)49(78-47)35-51-43-31-59-60(88-68(76(22,23)24)67(87-59)75(19,20)21)32-44(43)52(80-51)36-50-42-30-58-57(29-41(42)48(79-50)34-46(38)77-45)85-65(73(13,14)15)66(86-58)74(16,17)18/h25-36,77,80H,1-24H3. The minimum Gasteiger partial charge on any atom is -0.354 e. The summed E-state index contributed by atoms with van der Waals surface area (Å²) in [5, 5.41) is 3.97. The van der Waals surface area contributed by atoms with E-state index < -0.39 is 0 Å². The molecule has 0 unspecified atom stereocenters. The summed E-state index contributed by atoms with van der Waals surface area (Å²) >= 11 is 0. The number of aromatic nitrogens is 12. The average Bonchev–Trinajstić information content (AvgIpc) is 1.51. The lowest BCUT2D eigenvalue weighted by atomic mass is 9.81. The smallest absolute Gasteiger partial charge is 0.0897 e. The van der Waals surface area contributed by atoms with Crippen LogP contribution in [0.2, 0.25) is 0 Å². The normalized spacial score (nSPS) is 13.9. The molecule has 8 bridgehead atoms. The molecule has 2 aliphatic rings. The van der Waals surface area contributed by atoms with E-state index in [1.165, 1.54) is 0 Å². The molecule has 9 heterocycles. The van der Waals surface area contributed by atoms with E-state index in [0.717, 1.165) is 178 Å². The molecule has 13 rings (SSSR count). The second-order valence-electron chi connectivity index (χ2n) is 33.5. The number of fused-ring (bicyclic) bond motifs is 24. The van der Waals surface area contributed by atoms with E-state index in [1.807, 2.05) is 0 Å². The fraction of sp³-hybridized carbons (Fsp3) is 0.421. The Kier molecular flexibility index (Phi) is 12.5. The lowest BCUT2D eigenvalue weighted by Crippen LogP contribution is -2.25. The monoisotopic (exact) mass is 1170 g/mol. The highest BCUT2D eigenvalue weighted by Crippen LogP contribution is 2.46. The predicted molar refractivity (Wildman–Crippen MR) is 367 cm³/mol. The summed E-state index contributed by atoms with van der Waals surface area (Å²) in [5.41, 5.74) is 23.1. The third kappa shape index (κ3) is 9.88. The number of rotatable bonds is 0. The zero-order valence-corrected chi connectivity index (χ0v) is 56.4. The van der Waals surface area contributed by atoms with Crippen LogP contribution >= 0.6 is 0 Å². The molecule has 0 spiro atoms. The Hall–Kier alpha value is -8.12. The van der Waals surface area contributed by atoms with Crippen molar-refractivity contribution in [3.05, 3.63) is 118 Å². The van der Waals surface area contributed by atoms with Gasteiger partial charge in [0.1, 0.15) is 0 Å². The van der Waals surface area contributed by atoms with Crippen molar-refractivity contribution >= 4 is 87.7 Å². The molecule has 450 valence electrons. The molecular formula is C76H86N12. The molecule has 0 saturated carbocycles. The van der Waals surface area contributed by atoms with Crippen molar-refractivity contribution in [1.29, 1.82) is 0 Å². The number of hydrogen-bond acceptors (Lipinski definition) is 10. The van der Waals surface area contributed by atoms with Gasteiger partial charge in [0.05, 0.1) is 112 Å². The molecule has 88 heavy (non-hydrogen) atoms. The van der Waals surface area contributed by atoms with Gasteiger partial charge in [0.15, 0.2) is 0 Å². The van der Waals surface area contributed by atoms with Crippen LogP contribution < -0.4 is 0 Å². The Morgan fingerprint density at radius 1 is 0.193 bits per heavy atom. The zero-order chi connectivity index (χ0) is 63.4. The van der Waals surface area contributed by atoms with Gasteiger partial charge in [-0.3, -0.25) is 0 Å². The number of benzene rings is 4. The fourth-order valence-corrected chi connectivity index (χ4v) is 12.8. The summed E-state index contributed by atoms with van der Waals surface area (Å²) in [6.45, 7) is 53.4. The SMILES string of the molecule is CC(C)(C)c1nc2cc3c(cc2nc1C(C)(C)C)-c1cc2[nH]c(cc4nc(cc5[nH]c(cc-3n1)c1cc3nc(C(C)(C)C)c(C(C)(C)C)nc3cc51)-c1cc3nc(C(C)(C)C)c(C(C)(C)C)nc3cc1-4)c1cc3nc(C(C)(C)C)c(C(C)(C)C)nc3cc21. The Morgan fingerprint density at radius 3 is 0.489 bits per heavy atom. The minimum absolute atomic E-state index is 0.252. The molecule has 0 aliphatic carbocycles. The lowest BCUT2D eigenvalue weighted by Gasteiger charge is -2.28. The summed E-state index contributed by atoms with van der Waals surface area (Å²) in [7, 11) is 0. The number of nitrogens with zero attached hydrogens (tertiary/aromatic N) is 10. The van der Waals surface area contributed by atoms with Crippen LogP contribution in [0.5, 0.6) is 0 Å². The zero-order valence-electron chi connectivity index (χ0n) is 56.4. The molecule has 0 atom stereocenters. The average molecular weight is 1170 g/mol. The van der Waals surface area contributed by atoms with E-state index in [2.05, 4.69) is 249 Å². The van der Waals surface area contributed by atoms with Gasteiger partial charge >= 0.3 is 0 Å². The van der Waals surface area contributed by atoms with Crippen molar-refractivity contribution in [2.45, 2.75) is 209 Å². The summed E-state index contributed by atoms with van der Waals surface area (Å²) < 4.78 is 0. The van der Waals surface area contributed by atoms with Crippen molar-refractivity contribution in [2.75, 3.05) is 0 Å².